The Labute approximate surface area is 172 Å². The summed E-state index contributed by atoms with van der Waals surface area (Å²) in [4.78, 5) is 17.0. The van der Waals surface area contributed by atoms with Crippen molar-refractivity contribution in [2.75, 3.05) is 18.4 Å². The number of nitrogens with zero attached hydrogens (tertiary/aromatic N) is 4. The van der Waals surface area contributed by atoms with E-state index in [-0.39, 0.29) is 36.9 Å². The van der Waals surface area contributed by atoms with Gasteiger partial charge in [0.05, 0.1) is 33.8 Å². The molecule has 0 radical (unpaired) electrons. The number of likely N-dealkylation sites (tertiary alicyclic amines) is 1. The third kappa shape index (κ3) is 4.91. The van der Waals surface area contributed by atoms with Crippen LogP contribution in [0.25, 0.3) is 0 Å². The Morgan fingerprint density at radius 2 is 1.83 bits per heavy atom. The number of aromatic nitrogens is 3. The Bertz CT molecular complexity index is 901. The fraction of sp³-hybridized carbons (Fsp3) is 0.444. The van der Waals surface area contributed by atoms with Crippen molar-refractivity contribution >= 4 is 22.5 Å². The molecule has 1 saturated heterocycles. The van der Waals surface area contributed by atoms with Crippen LogP contribution in [0.3, 0.4) is 0 Å². The minimum absolute atomic E-state index is 0.113. The van der Waals surface area contributed by atoms with Crippen molar-refractivity contribution in [2.45, 2.75) is 35.8 Å². The van der Waals surface area contributed by atoms with Crippen LogP contribution in [0.5, 0.6) is 0 Å². The van der Waals surface area contributed by atoms with Gasteiger partial charge in [0.2, 0.25) is 0 Å². The number of rotatable bonds is 4. The van der Waals surface area contributed by atoms with Crippen LogP contribution in [-0.4, -0.2) is 48.4 Å². The molecule has 0 bridgehead atoms. The summed E-state index contributed by atoms with van der Waals surface area (Å²) in [6, 6.07) is 2.88. The van der Waals surface area contributed by atoms with Crippen molar-refractivity contribution in [2.24, 2.45) is 5.92 Å². The van der Waals surface area contributed by atoms with E-state index in [0.29, 0.717) is 11.8 Å². The van der Waals surface area contributed by atoms with E-state index in [2.05, 4.69) is 20.5 Å². The molecule has 2 atom stereocenters. The van der Waals surface area contributed by atoms with Gasteiger partial charge in [0.15, 0.2) is 5.00 Å². The first kappa shape index (κ1) is 22.1. The number of carbonyl (C=O) groups is 1. The van der Waals surface area contributed by atoms with Crippen LogP contribution in [0.4, 0.5) is 28.0 Å². The van der Waals surface area contributed by atoms with Crippen LogP contribution >= 0.6 is 0 Å². The molecule has 2 aromatic rings. The number of pyridine rings is 1. The zero-order chi connectivity index (χ0) is 21.9. The molecular weight excluding hydrogens is 426 g/mol. The van der Waals surface area contributed by atoms with E-state index in [9.17, 15) is 22.2 Å². The lowest BCUT2D eigenvalue weighted by Gasteiger charge is -2.37. The van der Waals surface area contributed by atoms with Gasteiger partial charge in [0.25, 0.3) is 0 Å². The van der Waals surface area contributed by atoms with Crippen molar-refractivity contribution in [3.05, 3.63) is 42.5 Å². The van der Waals surface area contributed by atoms with Crippen LogP contribution < -0.4 is 5.32 Å². The molecule has 1 N–H and O–H groups in total. The third-order valence-electron chi connectivity index (χ3n) is 4.95. The van der Waals surface area contributed by atoms with Crippen LogP contribution in [0.1, 0.15) is 25.5 Å². The van der Waals surface area contributed by atoms with Gasteiger partial charge in [0, 0.05) is 25.2 Å². The number of halogens is 4. The van der Waals surface area contributed by atoms with Gasteiger partial charge < -0.3 is 10.2 Å². The molecular formula is C18H19F4N5O2S. The minimum Gasteiger partial charge on any atom is -0.325 e. The van der Waals surface area contributed by atoms with E-state index in [1.165, 1.54) is 24.2 Å². The second kappa shape index (κ2) is 8.62. The zero-order valence-corrected chi connectivity index (χ0v) is 16.7. The highest BCUT2D eigenvalue weighted by Crippen LogP contribution is 2.37. The monoisotopic (exact) mass is 445 g/mol. The Balaban J connectivity index is 1.61. The molecule has 2 amide bonds. The summed E-state index contributed by atoms with van der Waals surface area (Å²) in [6.45, 7) is 1.66. The summed E-state index contributed by atoms with van der Waals surface area (Å²) in [5.41, 5.74) is -0.657. The van der Waals surface area contributed by atoms with Gasteiger partial charge >= 0.3 is 12.2 Å². The molecule has 0 spiro atoms. The standard InChI is InChI=1S/C18H19F4N5O2S/c1-17(19,30(29)14-2-3-15(23-11-14)18(20,21)22)12-5-8-27(9-6-12)16(28)26-13-4-7-24-25-10-13/h2-4,7,10-12H,5-6,8-9H2,1H3,(H,24,26,28). The average molecular weight is 445 g/mol. The molecule has 1 fully saturated rings. The lowest BCUT2D eigenvalue weighted by molar-refractivity contribution is -0.141. The Morgan fingerprint density at radius 3 is 2.37 bits per heavy atom. The zero-order valence-electron chi connectivity index (χ0n) is 15.9. The third-order valence-corrected chi connectivity index (χ3v) is 6.68. The molecule has 162 valence electrons. The number of carbonyl (C=O) groups excluding carboxylic acids is 1. The number of piperidine rings is 1. The second-order valence-corrected chi connectivity index (χ2v) is 8.76. The van der Waals surface area contributed by atoms with E-state index >= 15 is 4.39 Å². The molecule has 0 aromatic carbocycles. The molecule has 12 heteroatoms. The Morgan fingerprint density at radius 1 is 1.13 bits per heavy atom. The maximum atomic E-state index is 15.4. The number of hydrogen-bond acceptors (Lipinski definition) is 5. The van der Waals surface area contributed by atoms with E-state index < -0.39 is 33.6 Å². The summed E-state index contributed by atoms with van der Waals surface area (Å²) < 4.78 is 66.0. The molecule has 0 saturated carbocycles. The van der Waals surface area contributed by atoms with Crippen molar-refractivity contribution in [3.8, 4) is 0 Å². The molecule has 2 aromatic heterocycles. The van der Waals surface area contributed by atoms with Crippen LogP contribution in [0.15, 0.2) is 41.7 Å². The predicted molar refractivity (Wildman–Crippen MR) is 101 cm³/mol. The van der Waals surface area contributed by atoms with Crippen LogP contribution in [0, 0.1) is 5.92 Å². The van der Waals surface area contributed by atoms with Gasteiger partial charge in [-0.2, -0.15) is 23.4 Å². The van der Waals surface area contributed by atoms with E-state index in [1.54, 1.807) is 6.07 Å². The number of nitrogens with one attached hydrogen (secondary N) is 1. The molecule has 7 nitrogen and oxygen atoms in total. The van der Waals surface area contributed by atoms with E-state index in [1.807, 2.05) is 0 Å². The number of amides is 2. The maximum absolute atomic E-state index is 15.4. The number of alkyl halides is 4. The topological polar surface area (TPSA) is 88.1 Å². The van der Waals surface area contributed by atoms with Gasteiger partial charge in [-0.15, -0.1) is 0 Å². The summed E-state index contributed by atoms with van der Waals surface area (Å²) >= 11 is 0. The van der Waals surface area contributed by atoms with Gasteiger partial charge in [-0.05, 0) is 38.0 Å². The summed E-state index contributed by atoms with van der Waals surface area (Å²) in [5, 5.41) is 7.76. The summed E-state index contributed by atoms with van der Waals surface area (Å²) in [5.74, 6) is -0.632. The Hall–Kier alpha value is -2.63. The first-order valence-electron chi connectivity index (χ1n) is 9.05. The SMILES string of the molecule is CC(F)(C1CCN(C(=O)Nc2ccnnc2)CC1)S(=O)c1ccc(C(F)(F)F)nc1. The normalized spacial score (nSPS) is 18.5. The maximum Gasteiger partial charge on any atom is 0.433 e. The molecule has 2 unspecified atom stereocenters. The molecule has 30 heavy (non-hydrogen) atoms. The minimum atomic E-state index is -4.63. The Kier molecular flexibility index (Phi) is 6.34. The molecule has 1 aliphatic heterocycles. The highest BCUT2D eigenvalue weighted by molar-refractivity contribution is 7.86. The van der Waals surface area contributed by atoms with Gasteiger partial charge in [-0.25, -0.2) is 9.18 Å². The van der Waals surface area contributed by atoms with Gasteiger partial charge in [0.1, 0.15) is 5.69 Å². The van der Waals surface area contributed by atoms with E-state index in [4.69, 9.17) is 0 Å². The molecule has 0 aliphatic carbocycles. The van der Waals surface area contributed by atoms with Crippen LogP contribution in [0.2, 0.25) is 0 Å². The predicted octanol–water partition coefficient (Wildman–Crippen LogP) is 3.63. The van der Waals surface area contributed by atoms with Crippen molar-refractivity contribution in [3.63, 3.8) is 0 Å². The lowest BCUT2D eigenvalue weighted by atomic mass is 9.92. The lowest BCUT2D eigenvalue weighted by Crippen LogP contribution is -2.46. The van der Waals surface area contributed by atoms with Gasteiger partial charge in [-0.1, -0.05) is 0 Å². The van der Waals surface area contributed by atoms with Gasteiger partial charge in [-0.3, -0.25) is 9.19 Å². The first-order valence-corrected chi connectivity index (χ1v) is 10.2. The largest absolute Gasteiger partial charge is 0.433 e. The fourth-order valence-corrected chi connectivity index (χ4v) is 4.54. The fourth-order valence-electron chi connectivity index (χ4n) is 3.20. The van der Waals surface area contributed by atoms with Crippen molar-refractivity contribution in [1.29, 1.82) is 0 Å². The second-order valence-electron chi connectivity index (χ2n) is 6.95. The highest BCUT2D eigenvalue weighted by Gasteiger charge is 2.43. The number of urea groups is 1. The van der Waals surface area contributed by atoms with E-state index in [0.717, 1.165) is 12.3 Å². The van der Waals surface area contributed by atoms with Crippen molar-refractivity contribution in [1.82, 2.24) is 20.1 Å². The number of hydrogen-bond donors (Lipinski definition) is 1. The quantitative estimate of drug-likeness (QED) is 0.727. The van der Waals surface area contributed by atoms with Crippen LogP contribution in [-0.2, 0) is 17.0 Å². The summed E-state index contributed by atoms with van der Waals surface area (Å²) in [6.07, 6.45) is -0.489. The molecule has 1 aliphatic rings. The highest BCUT2D eigenvalue weighted by atomic mass is 32.2. The van der Waals surface area contributed by atoms with Crippen molar-refractivity contribution < 1.29 is 26.6 Å². The summed E-state index contributed by atoms with van der Waals surface area (Å²) in [7, 11) is -2.21. The molecule has 3 rings (SSSR count). The average Bonchev–Trinajstić information content (AvgIpc) is 2.73. The molecule has 3 heterocycles. The first-order chi connectivity index (χ1) is 14.1. The smallest absolute Gasteiger partial charge is 0.325 e. The number of anilines is 1.